The summed E-state index contributed by atoms with van der Waals surface area (Å²) < 4.78 is 12.1. The van der Waals surface area contributed by atoms with Crippen molar-refractivity contribution in [3.05, 3.63) is 18.5 Å². The summed E-state index contributed by atoms with van der Waals surface area (Å²) in [5.74, 6) is 0. The molecule has 0 saturated carbocycles. The molecule has 0 aliphatic carbocycles. The maximum absolute atomic E-state index is 6.05. The number of hydrogen-bond donors (Lipinski definition) is 1. The summed E-state index contributed by atoms with van der Waals surface area (Å²) in [4.78, 5) is 4.29. The van der Waals surface area contributed by atoms with E-state index < -0.39 is 0 Å². The monoisotopic (exact) mass is 276 g/mol. The average Bonchev–Trinajstić information content (AvgIpc) is 2.46. The number of nitrogens with zero attached hydrogens (tertiary/aromatic N) is 1. The highest BCUT2D eigenvalue weighted by Crippen LogP contribution is 2.36. The molecule has 1 aliphatic heterocycles. The van der Waals surface area contributed by atoms with Crippen molar-refractivity contribution >= 4 is 18.3 Å². The van der Waals surface area contributed by atoms with Gasteiger partial charge in [-0.15, -0.1) is 0 Å². The molecule has 1 aromatic heterocycles. The Hall–Kier alpha value is -1.07. The highest BCUT2D eigenvalue weighted by molar-refractivity contribution is 6.62. The Labute approximate surface area is 122 Å². The van der Waals surface area contributed by atoms with Gasteiger partial charge in [-0.2, -0.15) is 0 Å². The molecule has 0 unspecified atom stereocenters. The Morgan fingerprint density at radius 3 is 2.10 bits per heavy atom. The van der Waals surface area contributed by atoms with Crippen molar-refractivity contribution in [1.29, 1.82) is 0 Å². The molecule has 0 amide bonds. The van der Waals surface area contributed by atoms with Crippen molar-refractivity contribution in [2.45, 2.75) is 65.2 Å². The lowest BCUT2D eigenvalue weighted by Crippen LogP contribution is -2.41. The zero-order valence-electron chi connectivity index (χ0n) is 13.6. The fraction of sp³-hybridized carbons (Fsp3) is 0.667. The van der Waals surface area contributed by atoms with E-state index in [1.165, 1.54) is 0 Å². The molecule has 0 radical (unpaired) electrons. The molecule has 2 rings (SSSR count). The van der Waals surface area contributed by atoms with Gasteiger partial charge >= 0.3 is 7.12 Å². The first-order valence-electron chi connectivity index (χ1n) is 7.09. The predicted molar refractivity (Wildman–Crippen MR) is 83.3 cm³/mol. The maximum Gasteiger partial charge on any atom is 0.496 e. The molecule has 1 N–H and O–H groups in total. The lowest BCUT2D eigenvalue weighted by molar-refractivity contribution is 0.00578. The van der Waals surface area contributed by atoms with E-state index in [0.29, 0.717) is 0 Å². The van der Waals surface area contributed by atoms with E-state index in [2.05, 4.69) is 58.8 Å². The number of hydrogen-bond acceptors (Lipinski definition) is 4. The third kappa shape index (κ3) is 3.15. The van der Waals surface area contributed by atoms with Gasteiger partial charge in [-0.25, -0.2) is 0 Å². The van der Waals surface area contributed by atoms with E-state index >= 15 is 0 Å². The van der Waals surface area contributed by atoms with Crippen molar-refractivity contribution in [2.75, 3.05) is 5.32 Å². The molecule has 1 fully saturated rings. The number of aromatic nitrogens is 1. The number of anilines is 1. The predicted octanol–water partition coefficient (Wildman–Crippen LogP) is 2.59. The van der Waals surface area contributed by atoms with Gasteiger partial charge in [0, 0.05) is 23.4 Å². The van der Waals surface area contributed by atoms with Gasteiger partial charge in [-0.1, -0.05) is 0 Å². The molecule has 1 aliphatic rings. The van der Waals surface area contributed by atoms with Crippen LogP contribution in [0.5, 0.6) is 0 Å². The summed E-state index contributed by atoms with van der Waals surface area (Å²) in [5.41, 5.74) is 1.26. The summed E-state index contributed by atoms with van der Waals surface area (Å²) >= 11 is 0. The Bertz CT molecular complexity index is 479. The minimum absolute atomic E-state index is 0.00373. The summed E-state index contributed by atoms with van der Waals surface area (Å²) in [6.45, 7) is 14.6. The lowest BCUT2D eigenvalue weighted by atomic mass is 9.80. The first-order valence-corrected chi connectivity index (χ1v) is 7.09. The Kier molecular flexibility index (Phi) is 3.63. The van der Waals surface area contributed by atoms with Crippen molar-refractivity contribution < 1.29 is 9.31 Å². The molecule has 2 heterocycles. The second-order valence-corrected chi connectivity index (χ2v) is 7.47. The summed E-state index contributed by atoms with van der Waals surface area (Å²) in [6, 6.07) is 2.04. The van der Waals surface area contributed by atoms with E-state index in [9.17, 15) is 0 Å². The Morgan fingerprint density at radius 2 is 1.60 bits per heavy atom. The lowest BCUT2D eigenvalue weighted by Gasteiger charge is -2.32. The van der Waals surface area contributed by atoms with Crippen molar-refractivity contribution in [1.82, 2.24) is 4.98 Å². The van der Waals surface area contributed by atoms with Crippen LogP contribution in [0.3, 0.4) is 0 Å². The topological polar surface area (TPSA) is 43.4 Å². The van der Waals surface area contributed by atoms with Crippen LogP contribution in [0.1, 0.15) is 48.5 Å². The fourth-order valence-electron chi connectivity index (χ4n) is 2.07. The minimum Gasteiger partial charge on any atom is -0.399 e. The molecular weight excluding hydrogens is 251 g/mol. The fourth-order valence-corrected chi connectivity index (χ4v) is 2.07. The standard InChI is InChI=1S/C15H25BN2O2/c1-13(2,3)18-12-8-11(9-17-10-12)16-19-14(4,5)15(6,7)20-16/h8-10,18H,1-7H3. The van der Waals surface area contributed by atoms with Crippen LogP contribution in [0.15, 0.2) is 18.5 Å². The Morgan fingerprint density at radius 1 is 1.05 bits per heavy atom. The van der Waals surface area contributed by atoms with Crippen LogP contribution in [-0.2, 0) is 9.31 Å². The largest absolute Gasteiger partial charge is 0.496 e. The first kappa shape index (κ1) is 15.3. The molecule has 1 aromatic rings. The molecular formula is C15H25BN2O2. The first-order chi connectivity index (χ1) is 9.00. The summed E-state index contributed by atoms with van der Waals surface area (Å²) in [5, 5.41) is 3.41. The van der Waals surface area contributed by atoms with Gasteiger partial charge in [0.1, 0.15) is 0 Å². The number of rotatable bonds is 2. The quantitative estimate of drug-likeness (QED) is 0.843. The van der Waals surface area contributed by atoms with Crippen LogP contribution in [-0.4, -0.2) is 28.8 Å². The molecule has 0 aromatic carbocycles. The molecule has 1 saturated heterocycles. The van der Waals surface area contributed by atoms with Crippen LogP contribution in [0.4, 0.5) is 5.69 Å². The smallest absolute Gasteiger partial charge is 0.399 e. The maximum atomic E-state index is 6.05. The zero-order valence-corrected chi connectivity index (χ0v) is 13.6. The van der Waals surface area contributed by atoms with E-state index in [1.807, 2.05) is 12.3 Å². The van der Waals surface area contributed by atoms with Crippen LogP contribution in [0.2, 0.25) is 0 Å². The molecule has 5 heteroatoms. The van der Waals surface area contributed by atoms with E-state index in [0.717, 1.165) is 11.2 Å². The Balaban J connectivity index is 2.21. The minimum atomic E-state index is -0.366. The van der Waals surface area contributed by atoms with Gasteiger partial charge < -0.3 is 14.6 Å². The highest BCUT2D eigenvalue weighted by Gasteiger charge is 2.51. The third-order valence-corrected chi connectivity index (χ3v) is 3.80. The molecule has 110 valence electrons. The number of nitrogens with one attached hydrogen (secondary N) is 1. The average molecular weight is 276 g/mol. The van der Waals surface area contributed by atoms with Crippen LogP contribution < -0.4 is 10.8 Å². The van der Waals surface area contributed by atoms with Gasteiger partial charge in [-0.05, 0) is 54.5 Å². The van der Waals surface area contributed by atoms with Gasteiger partial charge in [0.25, 0.3) is 0 Å². The summed E-state index contributed by atoms with van der Waals surface area (Å²) in [7, 11) is -0.366. The molecule has 0 atom stereocenters. The molecule has 20 heavy (non-hydrogen) atoms. The molecule has 4 nitrogen and oxygen atoms in total. The van der Waals surface area contributed by atoms with Crippen molar-refractivity contribution in [2.24, 2.45) is 0 Å². The SMILES string of the molecule is CC(C)(C)Nc1cncc(B2OC(C)(C)C(C)(C)O2)c1. The second kappa shape index (κ2) is 4.74. The van der Waals surface area contributed by atoms with Crippen molar-refractivity contribution in [3.63, 3.8) is 0 Å². The molecule has 0 bridgehead atoms. The summed E-state index contributed by atoms with van der Waals surface area (Å²) in [6.07, 6.45) is 3.62. The third-order valence-electron chi connectivity index (χ3n) is 3.80. The van der Waals surface area contributed by atoms with Crippen LogP contribution >= 0.6 is 0 Å². The zero-order chi connectivity index (χ0) is 15.2. The van der Waals surface area contributed by atoms with Crippen LogP contribution in [0.25, 0.3) is 0 Å². The van der Waals surface area contributed by atoms with Gasteiger partial charge in [0.05, 0.1) is 16.9 Å². The normalized spacial score (nSPS) is 21.1. The van der Waals surface area contributed by atoms with E-state index in [4.69, 9.17) is 9.31 Å². The van der Waals surface area contributed by atoms with Gasteiger partial charge in [-0.3, -0.25) is 4.98 Å². The number of pyridine rings is 1. The molecule has 0 spiro atoms. The highest BCUT2D eigenvalue weighted by atomic mass is 16.7. The van der Waals surface area contributed by atoms with Gasteiger partial charge in [0.15, 0.2) is 0 Å². The van der Waals surface area contributed by atoms with Crippen molar-refractivity contribution in [3.8, 4) is 0 Å². The van der Waals surface area contributed by atoms with E-state index in [-0.39, 0.29) is 23.9 Å². The van der Waals surface area contributed by atoms with Crippen LogP contribution in [0, 0.1) is 0 Å². The second-order valence-electron chi connectivity index (χ2n) is 7.47. The van der Waals surface area contributed by atoms with Gasteiger partial charge in [0.2, 0.25) is 0 Å². The van der Waals surface area contributed by atoms with E-state index in [1.54, 1.807) is 6.20 Å².